The summed E-state index contributed by atoms with van der Waals surface area (Å²) in [5.74, 6) is 0.595. The van der Waals surface area contributed by atoms with Crippen LogP contribution in [-0.2, 0) is 4.79 Å². The van der Waals surface area contributed by atoms with Crippen LogP contribution in [0, 0.1) is 5.92 Å². The van der Waals surface area contributed by atoms with Gasteiger partial charge in [0, 0.05) is 24.8 Å². The van der Waals surface area contributed by atoms with E-state index in [0.717, 1.165) is 24.2 Å². The summed E-state index contributed by atoms with van der Waals surface area (Å²) in [6, 6.07) is 4.33. The Labute approximate surface area is 114 Å². The summed E-state index contributed by atoms with van der Waals surface area (Å²) < 4.78 is 0. The van der Waals surface area contributed by atoms with E-state index in [1.54, 1.807) is 6.20 Å². The van der Waals surface area contributed by atoms with Crippen molar-refractivity contribution in [3.63, 3.8) is 0 Å². The van der Waals surface area contributed by atoms with Gasteiger partial charge >= 0.3 is 0 Å². The molecule has 1 aliphatic heterocycles. The van der Waals surface area contributed by atoms with Gasteiger partial charge in [-0.3, -0.25) is 4.79 Å². The molecule has 0 aromatic carbocycles. The molecule has 0 aliphatic carbocycles. The Balaban J connectivity index is 2.16. The first-order chi connectivity index (χ1) is 8.99. The maximum absolute atomic E-state index is 11.3. The highest BCUT2D eigenvalue weighted by molar-refractivity contribution is 5.77. The quantitative estimate of drug-likeness (QED) is 0.857. The van der Waals surface area contributed by atoms with Crippen LogP contribution in [0.2, 0.25) is 0 Å². The number of hydrogen-bond donors (Lipinski definition) is 2. The van der Waals surface area contributed by atoms with Gasteiger partial charge in [-0.05, 0) is 38.3 Å². The number of pyridine rings is 1. The lowest BCUT2D eigenvalue weighted by molar-refractivity contribution is -0.122. The largest absolute Gasteiger partial charge is 0.369 e. The standard InChI is InChI=1S/C14H22N4O/c1-9-3-4-12(14(16)19)8-18(9)13-6-5-11(7-17-13)10(2)15/h5-7,9-10,12H,3-4,8,15H2,1-2H3,(H2,16,19)/t9?,10-,12?/m1/s1. The average molecular weight is 262 g/mol. The fourth-order valence-corrected chi connectivity index (χ4v) is 2.50. The molecule has 1 aliphatic rings. The fraction of sp³-hybridized carbons (Fsp3) is 0.571. The lowest BCUT2D eigenvalue weighted by atomic mass is 9.93. The van der Waals surface area contributed by atoms with Crippen LogP contribution in [-0.4, -0.2) is 23.5 Å². The van der Waals surface area contributed by atoms with E-state index < -0.39 is 0 Å². The molecule has 1 aromatic heterocycles. The van der Waals surface area contributed by atoms with Crippen LogP contribution in [0.3, 0.4) is 0 Å². The van der Waals surface area contributed by atoms with Crippen molar-refractivity contribution in [2.75, 3.05) is 11.4 Å². The molecule has 0 radical (unpaired) electrons. The fourth-order valence-electron chi connectivity index (χ4n) is 2.50. The third-order valence-corrected chi connectivity index (χ3v) is 3.88. The lowest BCUT2D eigenvalue weighted by Gasteiger charge is -2.37. The predicted molar refractivity (Wildman–Crippen MR) is 75.6 cm³/mol. The SMILES string of the molecule is CC1CCC(C(N)=O)CN1c1ccc([C@@H](C)N)cn1. The van der Waals surface area contributed by atoms with Gasteiger partial charge in [-0.1, -0.05) is 6.07 Å². The zero-order chi connectivity index (χ0) is 14.0. The Morgan fingerprint density at radius 3 is 2.74 bits per heavy atom. The Morgan fingerprint density at radius 2 is 2.21 bits per heavy atom. The number of nitrogens with two attached hydrogens (primary N) is 2. The van der Waals surface area contributed by atoms with Crippen LogP contribution < -0.4 is 16.4 Å². The predicted octanol–water partition coefficient (Wildman–Crippen LogP) is 1.19. The maximum Gasteiger partial charge on any atom is 0.222 e. The van der Waals surface area contributed by atoms with Crippen LogP contribution in [0.25, 0.3) is 0 Å². The van der Waals surface area contributed by atoms with Gasteiger partial charge in [-0.2, -0.15) is 0 Å². The molecule has 1 aromatic rings. The summed E-state index contributed by atoms with van der Waals surface area (Å²) in [7, 11) is 0. The van der Waals surface area contributed by atoms with Crippen LogP contribution in [0.15, 0.2) is 18.3 Å². The monoisotopic (exact) mass is 262 g/mol. The molecule has 0 bridgehead atoms. The van der Waals surface area contributed by atoms with Crippen molar-refractivity contribution in [1.29, 1.82) is 0 Å². The van der Waals surface area contributed by atoms with Crippen LogP contribution in [0.5, 0.6) is 0 Å². The Morgan fingerprint density at radius 1 is 1.47 bits per heavy atom. The van der Waals surface area contributed by atoms with Crippen LogP contribution in [0.4, 0.5) is 5.82 Å². The number of carbonyl (C=O) groups excluding carboxylic acids is 1. The summed E-state index contributed by atoms with van der Waals surface area (Å²) in [4.78, 5) is 18.0. The van der Waals surface area contributed by atoms with Gasteiger partial charge in [0.15, 0.2) is 0 Å². The summed E-state index contributed by atoms with van der Waals surface area (Å²) in [6.07, 6.45) is 3.63. The third kappa shape index (κ3) is 3.04. The van der Waals surface area contributed by atoms with Gasteiger partial charge in [0.05, 0.1) is 5.92 Å². The third-order valence-electron chi connectivity index (χ3n) is 3.88. The second-order valence-corrected chi connectivity index (χ2v) is 5.42. The van der Waals surface area contributed by atoms with Gasteiger partial charge in [0.25, 0.3) is 0 Å². The summed E-state index contributed by atoms with van der Waals surface area (Å²) in [6.45, 7) is 4.74. The van der Waals surface area contributed by atoms with E-state index in [1.165, 1.54) is 0 Å². The van der Waals surface area contributed by atoms with E-state index in [9.17, 15) is 4.79 Å². The molecule has 4 N–H and O–H groups in total. The minimum atomic E-state index is -0.218. The molecular weight excluding hydrogens is 240 g/mol. The zero-order valence-electron chi connectivity index (χ0n) is 11.5. The van der Waals surface area contributed by atoms with Crippen molar-refractivity contribution < 1.29 is 4.79 Å². The highest BCUT2D eigenvalue weighted by atomic mass is 16.1. The smallest absolute Gasteiger partial charge is 0.222 e. The molecule has 0 saturated carbocycles. The number of amides is 1. The van der Waals surface area contributed by atoms with Crippen LogP contribution >= 0.6 is 0 Å². The van der Waals surface area contributed by atoms with E-state index in [0.29, 0.717) is 12.6 Å². The second-order valence-electron chi connectivity index (χ2n) is 5.42. The van der Waals surface area contributed by atoms with E-state index in [2.05, 4.69) is 16.8 Å². The summed E-state index contributed by atoms with van der Waals surface area (Å²) in [5, 5.41) is 0. The van der Waals surface area contributed by atoms with Crippen molar-refractivity contribution in [3.05, 3.63) is 23.9 Å². The molecule has 104 valence electrons. The molecule has 1 saturated heterocycles. The number of carbonyl (C=O) groups is 1. The summed E-state index contributed by atoms with van der Waals surface area (Å²) >= 11 is 0. The minimum Gasteiger partial charge on any atom is -0.369 e. The normalized spacial score (nSPS) is 25.1. The molecule has 1 fully saturated rings. The van der Waals surface area contributed by atoms with Gasteiger partial charge in [-0.15, -0.1) is 0 Å². The van der Waals surface area contributed by atoms with Crippen molar-refractivity contribution in [2.45, 2.75) is 38.8 Å². The van der Waals surface area contributed by atoms with Gasteiger partial charge in [0.1, 0.15) is 5.82 Å². The second kappa shape index (κ2) is 5.57. The first-order valence-corrected chi connectivity index (χ1v) is 6.76. The highest BCUT2D eigenvalue weighted by Gasteiger charge is 2.29. The Hall–Kier alpha value is -1.62. The van der Waals surface area contributed by atoms with Gasteiger partial charge in [-0.25, -0.2) is 4.98 Å². The van der Waals surface area contributed by atoms with Crippen LogP contribution in [0.1, 0.15) is 38.3 Å². The van der Waals surface area contributed by atoms with Crippen molar-refractivity contribution in [2.24, 2.45) is 17.4 Å². The molecule has 2 heterocycles. The number of piperidine rings is 1. The number of anilines is 1. The molecule has 1 amide bonds. The molecule has 0 spiro atoms. The van der Waals surface area contributed by atoms with E-state index in [4.69, 9.17) is 11.5 Å². The van der Waals surface area contributed by atoms with Gasteiger partial charge < -0.3 is 16.4 Å². The molecule has 5 nitrogen and oxygen atoms in total. The van der Waals surface area contributed by atoms with E-state index in [-0.39, 0.29) is 17.9 Å². The van der Waals surface area contributed by atoms with E-state index in [1.807, 2.05) is 19.1 Å². The topological polar surface area (TPSA) is 85.2 Å². The average Bonchev–Trinajstić information content (AvgIpc) is 2.39. The molecule has 2 unspecified atom stereocenters. The first-order valence-electron chi connectivity index (χ1n) is 6.76. The maximum atomic E-state index is 11.3. The van der Waals surface area contributed by atoms with Crippen molar-refractivity contribution >= 4 is 11.7 Å². The molecule has 19 heavy (non-hydrogen) atoms. The number of hydrogen-bond acceptors (Lipinski definition) is 4. The minimum absolute atomic E-state index is 0.0151. The molecule has 5 heteroatoms. The van der Waals surface area contributed by atoms with Crippen molar-refractivity contribution in [3.8, 4) is 0 Å². The zero-order valence-corrected chi connectivity index (χ0v) is 11.5. The molecule has 3 atom stereocenters. The highest BCUT2D eigenvalue weighted by Crippen LogP contribution is 2.26. The summed E-state index contributed by atoms with van der Waals surface area (Å²) in [5.41, 5.74) is 12.2. The lowest BCUT2D eigenvalue weighted by Crippen LogP contribution is -2.46. The number of primary amides is 1. The van der Waals surface area contributed by atoms with Crippen molar-refractivity contribution in [1.82, 2.24) is 4.98 Å². The number of rotatable bonds is 3. The number of nitrogens with zero attached hydrogens (tertiary/aromatic N) is 2. The number of aromatic nitrogens is 1. The first kappa shape index (κ1) is 13.8. The van der Waals surface area contributed by atoms with E-state index >= 15 is 0 Å². The molecular formula is C14H22N4O. The Kier molecular flexibility index (Phi) is 4.04. The Bertz CT molecular complexity index is 443. The molecule has 2 rings (SSSR count). The van der Waals surface area contributed by atoms with Gasteiger partial charge in [0.2, 0.25) is 5.91 Å².